The number of nitrogens with two attached hydrogens (primary N) is 1. The third-order valence-electron chi connectivity index (χ3n) is 6.45. The second-order valence-corrected chi connectivity index (χ2v) is 11.1. The van der Waals surface area contributed by atoms with E-state index in [9.17, 15) is 29.0 Å². The number of halogens is 1. The van der Waals surface area contributed by atoms with Crippen molar-refractivity contribution >= 4 is 23.7 Å². The van der Waals surface area contributed by atoms with E-state index in [0.717, 1.165) is 21.9 Å². The maximum Gasteiger partial charge on any atom is 0.405 e. The Hall–Kier alpha value is -3.66. The van der Waals surface area contributed by atoms with Crippen molar-refractivity contribution in [3.63, 3.8) is 0 Å². The van der Waals surface area contributed by atoms with Gasteiger partial charge in [-0.1, -0.05) is 41.5 Å². The van der Waals surface area contributed by atoms with Gasteiger partial charge in [-0.05, 0) is 63.9 Å². The molecular weight excluding hydrogens is 467 g/mol. The molecule has 2 aromatic carbocycles. The van der Waals surface area contributed by atoms with Gasteiger partial charge in [-0.15, -0.1) is 0 Å². The highest BCUT2D eigenvalue weighted by molar-refractivity contribution is 6.11. The highest BCUT2D eigenvalue weighted by Gasteiger charge is 2.58. The van der Waals surface area contributed by atoms with Gasteiger partial charge in [-0.3, -0.25) is 14.6 Å². The first kappa shape index (κ1) is 26.9. The van der Waals surface area contributed by atoms with Gasteiger partial charge in [0.15, 0.2) is 5.54 Å². The van der Waals surface area contributed by atoms with E-state index < -0.39 is 46.4 Å². The second-order valence-electron chi connectivity index (χ2n) is 11.1. The topological polar surface area (TPSA) is 136 Å². The number of nitrogens with zero attached hydrogens (tertiary/aromatic N) is 2. The molecule has 194 valence electrons. The van der Waals surface area contributed by atoms with Crippen LogP contribution in [0, 0.1) is 5.82 Å². The zero-order valence-electron chi connectivity index (χ0n) is 21.5. The number of nitrogens with one attached hydrogen (secondary N) is 1. The minimum absolute atomic E-state index is 0.0286. The monoisotopic (exact) mass is 500 g/mol. The molecule has 2 aromatic rings. The summed E-state index contributed by atoms with van der Waals surface area (Å²) in [7, 11) is 1.22. The van der Waals surface area contributed by atoms with E-state index in [4.69, 9.17) is 5.73 Å². The van der Waals surface area contributed by atoms with E-state index >= 15 is 0 Å². The average molecular weight is 501 g/mol. The fraction of sp³-hybridized carbons (Fsp3) is 0.423. The first-order chi connectivity index (χ1) is 16.4. The van der Waals surface area contributed by atoms with Gasteiger partial charge in [0.25, 0.3) is 5.91 Å². The fourth-order valence-corrected chi connectivity index (χ4v) is 4.49. The third kappa shape index (κ3) is 4.37. The van der Waals surface area contributed by atoms with E-state index in [1.54, 1.807) is 12.1 Å². The van der Waals surface area contributed by atoms with E-state index in [0.29, 0.717) is 11.1 Å². The van der Waals surface area contributed by atoms with E-state index in [-0.39, 0.29) is 17.0 Å². The summed E-state index contributed by atoms with van der Waals surface area (Å²) in [4.78, 5) is 40.9. The fourth-order valence-electron chi connectivity index (χ4n) is 4.49. The van der Waals surface area contributed by atoms with Gasteiger partial charge in [0.05, 0.1) is 0 Å². The second kappa shape index (κ2) is 8.77. The zero-order chi connectivity index (χ0) is 27.4. The summed E-state index contributed by atoms with van der Waals surface area (Å²) in [5.74, 6) is -1.40. The molecule has 0 bridgehead atoms. The van der Waals surface area contributed by atoms with Crippen LogP contribution in [-0.4, -0.2) is 46.4 Å². The van der Waals surface area contributed by atoms with Crippen LogP contribution in [0.15, 0.2) is 36.4 Å². The molecule has 2 unspecified atom stereocenters. The molecule has 5 N–H and O–H groups in total. The van der Waals surface area contributed by atoms with Gasteiger partial charge >= 0.3 is 12.1 Å². The van der Waals surface area contributed by atoms with Gasteiger partial charge in [0.1, 0.15) is 17.7 Å². The number of carbonyl (C=O) groups is 3. The van der Waals surface area contributed by atoms with Gasteiger partial charge in [-0.2, -0.15) is 0 Å². The summed E-state index contributed by atoms with van der Waals surface area (Å²) in [5, 5.41) is 23.3. The van der Waals surface area contributed by atoms with Crippen molar-refractivity contribution in [1.29, 1.82) is 0 Å². The smallest absolute Gasteiger partial charge is 0.405 e. The molecule has 1 fully saturated rings. The molecule has 0 aromatic heterocycles. The minimum atomic E-state index is -2.14. The number of hydrogen-bond acceptors (Lipinski definition) is 5. The van der Waals surface area contributed by atoms with Crippen molar-refractivity contribution < 1.29 is 29.0 Å². The zero-order valence-corrected chi connectivity index (χ0v) is 21.5. The number of benzene rings is 2. The molecule has 10 heteroatoms. The summed E-state index contributed by atoms with van der Waals surface area (Å²) in [5.41, 5.74) is 4.55. The molecule has 0 radical (unpaired) electrons. The van der Waals surface area contributed by atoms with Crippen LogP contribution in [0.3, 0.4) is 0 Å². The molecule has 0 saturated carbocycles. The Morgan fingerprint density at radius 1 is 1.03 bits per heavy atom. The number of urea groups is 1. The molecule has 1 aliphatic heterocycles. The minimum Gasteiger partial charge on any atom is -0.507 e. The summed E-state index contributed by atoms with van der Waals surface area (Å²) in [6, 6.07) is 7.20. The number of amides is 4. The molecule has 0 spiro atoms. The largest absolute Gasteiger partial charge is 0.507 e. The number of aromatic hydroxyl groups is 1. The molecule has 2 atom stereocenters. The molecule has 36 heavy (non-hydrogen) atoms. The summed E-state index contributed by atoms with van der Waals surface area (Å²) >= 11 is 0. The van der Waals surface area contributed by atoms with Crippen LogP contribution in [0.1, 0.15) is 58.2 Å². The number of phenolic OH excluding ortho intramolecular Hbond substituents is 1. The summed E-state index contributed by atoms with van der Waals surface area (Å²) < 4.78 is 13.6. The molecule has 0 aliphatic carbocycles. The Kier molecular flexibility index (Phi) is 6.57. The summed E-state index contributed by atoms with van der Waals surface area (Å²) in [6.45, 7) is 11.2. The molecule has 3 rings (SSSR count). The number of carboxylic acid groups (broad SMARTS) is 1. The molecule has 9 nitrogen and oxygen atoms in total. The van der Waals surface area contributed by atoms with Crippen LogP contribution < -0.4 is 16.0 Å². The molecule has 1 heterocycles. The number of phenols is 1. The Morgan fingerprint density at radius 2 is 1.50 bits per heavy atom. The van der Waals surface area contributed by atoms with E-state index in [2.05, 4.69) is 5.32 Å². The lowest BCUT2D eigenvalue weighted by molar-refractivity contribution is -0.137. The van der Waals surface area contributed by atoms with Crippen LogP contribution in [0.5, 0.6) is 5.75 Å². The predicted molar refractivity (Wildman–Crippen MR) is 133 cm³/mol. The third-order valence-corrected chi connectivity index (χ3v) is 6.45. The Balaban J connectivity index is 2.42. The summed E-state index contributed by atoms with van der Waals surface area (Å²) in [6.07, 6.45) is -3.08. The number of hydrogen-bond donors (Lipinski definition) is 4. The highest BCUT2D eigenvalue weighted by Crippen LogP contribution is 2.44. The Morgan fingerprint density at radius 3 is 1.92 bits per heavy atom. The van der Waals surface area contributed by atoms with Crippen molar-refractivity contribution in [3.8, 4) is 5.75 Å². The lowest BCUT2D eigenvalue weighted by Gasteiger charge is -2.49. The van der Waals surface area contributed by atoms with E-state index in [1.165, 1.54) is 19.2 Å². The highest BCUT2D eigenvalue weighted by atomic mass is 19.1. The quantitative estimate of drug-likeness (QED) is 0.503. The maximum absolute atomic E-state index is 13.8. The molecular formula is C26H33FN4O5. The number of carbonyl (C=O) groups excluding carboxylic acids is 2. The van der Waals surface area contributed by atoms with Crippen molar-refractivity contribution in [3.05, 3.63) is 58.9 Å². The van der Waals surface area contributed by atoms with Crippen molar-refractivity contribution in [2.45, 2.75) is 64.1 Å². The predicted octanol–water partition coefficient (Wildman–Crippen LogP) is 3.97. The van der Waals surface area contributed by atoms with Crippen LogP contribution in [0.2, 0.25) is 0 Å². The molecule has 1 saturated heterocycles. The number of imide groups is 1. The number of rotatable bonds is 3. The lowest BCUT2D eigenvalue weighted by Crippen LogP contribution is -2.76. The van der Waals surface area contributed by atoms with Gasteiger partial charge in [-0.25, -0.2) is 14.0 Å². The van der Waals surface area contributed by atoms with Gasteiger partial charge < -0.3 is 21.3 Å². The van der Waals surface area contributed by atoms with Gasteiger partial charge in [0.2, 0.25) is 0 Å². The van der Waals surface area contributed by atoms with Crippen LogP contribution in [0.25, 0.3) is 0 Å². The lowest BCUT2D eigenvalue weighted by atomic mass is 9.74. The number of anilines is 1. The standard InChI is InChI=1S/C26H33FN4O5/c1-24(2,3)17-12-14(13-18(19(17)32)25(4,5)6)26(29-22(34)35)20(28)31(23(36)30(7)21(26)33)16-10-8-15(27)9-11-16/h8-13,20,29,32H,28H2,1-7H3,(H,34,35). The van der Waals surface area contributed by atoms with Crippen LogP contribution >= 0.6 is 0 Å². The Bertz CT molecular complexity index is 1180. The first-order valence-electron chi connectivity index (χ1n) is 11.4. The maximum atomic E-state index is 13.8. The van der Waals surface area contributed by atoms with Crippen LogP contribution in [-0.2, 0) is 21.2 Å². The van der Waals surface area contributed by atoms with Crippen molar-refractivity contribution in [1.82, 2.24) is 10.2 Å². The number of likely N-dealkylation sites (N-methyl/N-ethyl adjacent to an activating group) is 1. The average Bonchev–Trinajstić information content (AvgIpc) is 2.75. The Labute approximate surface area is 209 Å². The van der Waals surface area contributed by atoms with Gasteiger partial charge in [0, 0.05) is 12.7 Å². The normalized spacial score (nSPS) is 21.1. The SMILES string of the molecule is CN1C(=O)N(c2ccc(F)cc2)C(N)C(NC(=O)O)(c2cc(C(C)(C)C)c(O)c(C(C)(C)C)c2)C1=O. The van der Waals surface area contributed by atoms with Crippen molar-refractivity contribution in [2.75, 3.05) is 11.9 Å². The van der Waals surface area contributed by atoms with Crippen LogP contribution in [0.4, 0.5) is 19.7 Å². The molecule has 1 aliphatic rings. The first-order valence-corrected chi connectivity index (χ1v) is 11.4. The van der Waals surface area contributed by atoms with Crippen molar-refractivity contribution in [2.24, 2.45) is 5.73 Å². The van der Waals surface area contributed by atoms with E-state index in [1.807, 2.05) is 41.5 Å². The molecule has 4 amide bonds.